The average molecular weight is 1130 g/mol. The Morgan fingerprint density at radius 2 is 1.08 bits per heavy atom. The van der Waals surface area contributed by atoms with Crippen LogP contribution in [0.1, 0.15) is 49.9 Å². The Balaban J connectivity index is 0.000000181. The van der Waals surface area contributed by atoms with Crippen LogP contribution >= 0.6 is 14.3 Å². The van der Waals surface area contributed by atoms with E-state index in [4.69, 9.17) is 4.42 Å². The first-order valence-electron chi connectivity index (χ1n) is 22.9. The van der Waals surface area contributed by atoms with Gasteiger partial charge in [-0.2, -0.15) is 13.2 Å². The molecule has 1 N–H and O–H groups in total. The number of aryl methyl sites for hydroxylation is 1. The molecule has 0 saturated carbocycles. The number of rotatable bonds is 13. The topological polar surface area (TPSA) is 107 Å². The smallest absolute Gasteiger partial charge is 0.455 e. The third kappa shape index (κ3) is 11.8. The van der Waals surface area contributed by atoms with Crippen molar-refractivity contribution in [3.8, 4) is 5.75 Å². The largest absolute Gasteiger partial charge is 0.506 e. The summed E-state index contributed by atoms with van der Waals surface area (Å²) in [5.74, 6) is -3.45. The van der Waals surface area contributed by atoms with E-state index in [1.807, 2.05) is 189 Å². The number of aromatic hydroxyl groups is 1. The van der Waals surface area contributed by atoms with Crippen LogP contribution in [0.5, 0.6) is 5.75 Å². The first kappa shape index (κ1) is 54.7. The summed E-state index contributed by atoms with van der Waals surface area (Å²) in [5.41, 5.74) is -1.33. The molecule has 9 rings (SSSR count). The van der Waals surface area contributed by atoms with Crippen LogP contribution in [0.2, 0.25) is 0 Å². The Hall–Kier alpha value is -5.67. The van der Waals surface area contributed by atoms with Crippen molar-refractivity contribution in [1.29, 1.82) is 0 Å². The molecule has 0 aliphatic rings. The summed E-state index contributed by atoms with van der Waals surface area (Å²) in [6.45, 7) is 8.55. The fraction of sp³-hybridized carbons (Fsp3) is 0.138. The number of fused-ring (bicyclic) bond motifs is 4. The number of carbonyl (C=O) groups is 1. The number of hydrogen-bond acceptors (Lipinski definition) is 6. The van der Waals surface area contributed by atoms with Crippen molar-refractivity contribution in [2.45, 2.75) is 52.3 Å². The normalized spacial score (nSPS) is 11.8. The molecule has 0 fully saturated rings. The number of ketones is 1. The fourth-order valence-corrected chi connectivity index (χ4v) is 13.9. The molecule has 0 aliphatic carbocycles. The summed E-state index contributed by atoms with van der Waals surface area (Å²) >= 11 is 0. The predicted octanol–water partition coefficient (Wildman–Crippen LogP) is 13.3. The van der Waals surface area contributed by atoms with E-state index >= 15 is 0 Å². The van der Waals surface area contributed by atoms with Crippen molar-refractivity contribution in [3.05, 3.63) is 228 Å². The summed E-state index contributed by atoms with van der Waals surface area (Å²) in [5, 5.41) is 16.9. The number of halogens is 3. The van der Waals surface area contributed by atoms with Crippen LogP contribution in [0, 0.1) is 49.4 Å². The van der Waals surface area contributed by atoms with Gasteiger partial charge in [-0.3, -0.25) is 4.79 Å². The molecule has 7 nitrogen and oxygen atoms in total. The number of allylic oxidation sites excluding steroid dienone is 3. The van der Waals surface area contributed by atoms with Gasteiger partial charge in [0.25, 0.3) is 5.78 Å². The van der Waals surface area contributed by atoms with E-state index in [2.05, 4.69) is 18.1 Å². The van der Waals surface area contributed by atoms with Gasteiger partial charge in [-0.25, -0.2) is 4.79 Å². The van der Waals surface area contributed by atoms with Crippen molar-refractivity contribution in [3.63, 3.8) is 0 Å². The molecule has 363 valence electrons. The van der Waals surface area contributed by atoms with Gasteiger partial charge in [0.1, 0.15) is 11.3 Å². The summed E-state index contributed by atoms with van der Waals surface area (Å²) < 4.78 is 73.2. The molecule has 71 heavy (non-hydrogen) atoms. The third-order valence-electron chi connectivity index (χ3n) is 12.0. The van der Waals surface area contributed by atoms with E-state index in [-0.39, 0.29) is 60.3 Å². The standard InChI is InChI=1S/C23H20F3NO4.C18H15OP.C17H17OP.Eu/c1-2-3-4-7-10-27-16-9-6-5-8-13(16)14-11-15-18(12-17(14)27)31-22(30)19(20(15)28)21(29)23(24,25)26;19-20(16-10-4-1-5-11-16,17-12-6-2-7-13-17)18-14-8-3-9-15-18;1-3-15(4-2)19(18,16-11-7-5-8-12-16)17-13-9-6-10-14-17;/h5-6,8-9,11-12,28H,2-4,7,10H2,1H3;1-15H;3-14H,1H2,2H3;/b;;15-4+;. The number of alkyl halides is 3. The van der Waals surface area contributed by atoms with Crippen LogP contribution in [0.4, 0.5) is 13.2 Å². The van der Waals surface area contributed by atoms with Gasteiger partial charge in [0, 0.05) is 110 Å². The number of nitrogens with zero attached hydrogens (tertiary/aromatic N) is 1. The fourth-order valence-electron chi connectivity index (χ4n) is 8.52. The van der Waals surface area contributed by atoms with Crippen molar-refractivity contribution >= 4 is 79.4 Å². The van der Waals surface area contributed by atoms with Gasteiger partial charge < -0.3 is 23.2 Å². The van der Waals surface area contributed by atoms with Gasteiger partial charge in [0.05, 0.1) is 10.9 Å². The number of unbranched alkanes of at least 4 members (excludes halogenated alkanes) is 3. The molecule has 0 aliphatic heterocycles. The summed E-state index contributed by atoms with van der Waals surface area (Å²) in [6.07, 6.45) is 2.47. The molecular weight excluding hydrogens is 1080 g/mol. The quantitative estimate of drug-likeness (QED) is 0.0405. The molecule has 7 aromatic carbocycles. The molecule has 1 radical (unpaired) electrons. The third-order valence-corrected chi connectivity index (χ3v) is 18.3. The second-order valence-corrected chi connectivity index (χ2v) is 21.9. The minimum atomic E-state index is -5.31. The van der Waals surface area contributed by atoms with E-state index in [0.717, 1.165) is 80.5 Å². The maximum atomic E-state index is 13.8. The number of benzene rings is 7. The first-order valence-corrected chi connectivity index (χ1v) is 26.3. The minimum absolute atomic E-state index is 0. The molecule has 0 saturated heterocycles. The van der Waals surface area contributed by atoms with Crippen molar-refractivity contribution < 1.29 is 86.0 Å². The molecule has 0 unspecified atom stereocenters. The first-order chi connectivity index (χ1) is 33.8. The van der Waals surface area contributed by atoms with Crippen LogP contribution in [0.25, 0.3) is 32.8 Å². The number of para-hydroxylation sites is 1. The molecule has 0 amide bonds. The zero-order chi connectivity index (χ0) is 49.9. The van der Waals surface area contributed by atoms with Crippen LogP contribution in [0.15, 0.2) is 221 Å². The average Bonchev–Trinajstić information content (AvgIpc) is 3.70. The van der Waals surface area contributed by atoms with E-state index in [0.29, 0.717) is 5.39 Å². The SMILES string of the molecule is C=C/C(=C\C)P(=O)(c1ccccc1)c1ccccc1.CCCCCCn1c2ccccc2c2cc3c(O)c(C(=O)C(F)(F)F)c(=O)oc3cc21.O=P(c1ccccc1)(c1ccccc1)c1ccccc1.[Eu]. The number of aromatic nitrogens is 1. The zero-order valence-electron chi connectivity index (χ0n) is 39.1. The van der Waals surface area contributed by atoms with Crippen LogP contribution < -0.4 is 32.1 Å². The molecule has 13 heteroatoms. The molecule has 2 heterocycles. The van der Waals surface area contributed by atoms with Gasteiger partial charge in [0.2, 0.25) is 0 Å². The van der Waals surface area contributed by atoms with Crippen molar-refractivity contribution in [2.24, 2.45) is 0 Å². The van der Waals surface area contributed by atoms with Crippen LogP contribution in [-0.2, 0) is 15.7 Å². The molecular formula is C58H52EuF3NO6P2. The van der Waals surface area contributed by atoms with Gasteiger partial charge >= 0.3 is 11.8 Å². The summed E-state index contributed by atoms with van der Waals surface area (Å²) in [7, 11) is -5.57. The molecule has 9 aromatic rings. The Kier molecular flexibility index (Phi) is 19.0. The van der Waals surface area contributed by atoms with E-state index in [1.165, 1.54) is 12.1 Å². The monoisotopic (exact) mass is 1130 g/mol. The van der Waals surface area contributed by atoms with Crippen LogP contribution in [0.3, 0.4) is 0 Å². The second kappa shape index (κ2) is 24.6. The zero-order valence-corrected chi connectivity index (χ0v) is 43.4. The number of hydrogen-bond donors (Lipinski definition) is 1. The maximum absolute atomic E-state index is 13.8. The number of carbonyl (C=O) groups excluding carboxylic acids is 1. The summed E-state index contributed by atoms with van der Waals surface area (Å²) in [6, 6.07) is 58.9. The van der Waals surface area contributed by atoms with E-state index in [9.17, 15) is 37.0 Å². The van der Waals surface area contributed by atoms with Gasteiger partial charge in [-0.15, -0.1) is 0 Å². The number of Topliss-reactive ketones (excluding diaryl/α,β-unsaturated/α-hetero) is 1. The molecule has 2 aromatic heterocycles. The Bertz CT molecular complexity index is 3290. The van der Waals surface area contributed by atoms with Crippen LogP contribution in [-0.4, -0.2) is 21.6 Å². The Morgan fingerprint density at radius 1 is 0.634 bits per heavy atom. The van der Waals surface area contributed by atoms with Gasteiger partial charge in [0.15, 0.2) is 19.8 Å². The Morgan fingerprint density at radius 3 is 1.52 bits per heavy atom. The molecule has 0 bridgehead atoms. The van der Waals surface area contributed by atoms with Gasteiger partial charge in [-0.1, -0.05) is 215 Å². The minimum Gasteiger partial charge on any atom is -0.506 e. The maximum Gasteiger partial charge on any atom is 0.455 e. The molecule has 0 spiro atoms. The van der Waals surface area contributed by atoms with E-state index < -0.39 is 43.2 Å². The summed E-state index contributed by atoms with van der Waals surface area (Å²) in [4.78, 5) is 23.8. The Labute approximate surface area is 452 Å². The van der Waals surface area contributed by atoms with Gasteiger partial charge in [-0.05, 0) is 25.5 Å². The second-order valence-electron chi connectivity index (χ2n) is 16.3. The van der Waals surface area contributed by atoms with Crippen molar-refractivity contribution in [2.75, 3.05) is 0 Å². The van der Waals surface area contributed by atoms with Crippen molar-refractivity contribution in [1.82, 2.24) is 4.57 Å². The predicted molar refractivity (Wildman–Crippen MR) is 281 cm³/mol. The van der Waals surface area contributed by atoms with E-state index in [1.54, 1.807) is 6.08 Å². The molecule has 0 atom stereocenters.